The monoisotopic (exact) mass is 741 g/mol. The van der Waals surface area contributed by atoms with Crippen LogP contribution in [0.1, 0.15) is 79.7 Å². The molecule has 0 amide bonds. The molecule has 0 bridgehead atoms. The van der Waals surface area contributed by atoms with Gasteiger partial charge in [-0.25, -0.2) is 0 Å². The van der Waals surface area contributed by atoms with Crippen molar-refractivity contribution in [3.8, 4) is 34.3 Å². The number of fused-ring (bicyclic) bond motifs is 4. The summed E-state index contributed by atoms with van der Waals surface area (Å²) in [6.07, 6.45) is 13.0. The van der Waals surface area contributed by atoms with Crippen LogP contribution in [-0.2, 0) is 39.2 Å². The summed E-state index contributed by atoms with van der Waals surface area (Å²) in [4.78, 5) is 0. The van der Waals surface area contributed by atoms with Gasteiger partial charge in [-0.3, -0.25) is 0 Å². The largest absolute Gasteiger partial charge is 1.00 e. The Hall–Kier alpha value is -5.00. The number of ether oxygens (including phenoxy) is 4. The number of halogens is 1. The molecule has 0 N–H and O–H groups in total. The fraction of sp³-hybridized carbons (Fsp3) is 0.312. The van der Waals surface area contributed by atoms with Crippen LogP contribution in [0.4, 0.5) is 0 Å². The van der Waals surface area contributed by atoms with Crippen molar-refractivity contribution < 1.29 is 35.9 Å². The molecule has 0 aliphatic carbocycles. The lowest BCUT2D eigenvalue weighted by Gasteiger charge is -2.23. The number of aromatic nitrogens is 1. The molecular weight excluding hydrogens is 690 g/mol. The van der Waals surface area contributed by atoms with Crippen LogP contribution < -0.4 is 35.9 Å². The van der Waals surface area contributed by atoms with E-state index in [0.29, 0.717) is 19.8 Å². The average molecular weight is 742 g/mol. The van der Waals surface area contributed by atoms with E-state index in [1.54, 1.807) is 7.11 Å². The number of benzene rings is 5. The summed E-state index contributed by atoms with van der Waals surface area (Å²) >= 11 is 0. The summed E-state index contributed by atoms with van der Waals surface area (Å²) in [6.45, 7) is 4.56. The molecule has 0 saturated heterocycles. The Morgan fingerprint density at radius 3 is 1.72 bits per heavy atom. The number of aryl methyl sites for hydroxylation is 3. The number of unbranched alkanes of at least 4 members (excludes halogenated alkanes) is 6. The zero-order chi connectivity index (χ0) is 36.2. The van der Waals surface area contributed by atoms with Crippen LogP contribution in [0, 0.1) is 0 Å². The Morgan fingerprint density at radius 2 is 1.13 bits per heavy atom. The van der Waals surface area contributed by atoms with Gasteiger partial charge in [-0.1, -0.05) is 136 Å². The molecule has 0 saturated carbocycles. The quantitative estimate of drug-likeness (QED) is 0.0656. The molecule has 54 heavy (non-hydrogen) atoms. The summed E-state index contributed by atoms with van der Waals surface area (Å²) in [5, 5.41) is 2.31. The average Bonchev–Trinajstić information content (AvgIpc) is 3.21. The maximum absolute atomic E-state index is 6.62. The standard InChI is InChI=1S/C48H52NO4.ClH/c1-3-4-5-6-7-8-18-25-41-40-26-27-44(50-2)48(53-35-38-23-16-11-17-24-38)43(40)32-49-29-28-39-30-45(51-33-36-19-12-9-13-20-36)46(31-42(39)47(41)49)52-34-37-21-14-10-15-22-37;/h9-17,19-24,26-27,30-32H,3-8,18,25,28-29,33-35H2,1-2H3;1H/q+1;/p-1. The molecular formula is C48H52ClNO4. The molecule has 0 unspecified atom stereocenters. The highest BCUT2D eigenvalue weighted by molar-refractivity contribution is 5.95. The molecule has 0 radical (unpaired) electrons. The number of hydrogen-bond acceptors (Lipinski definition) is 4. The zero-order valence-electron chi connectivity index (χ0n) is 31.7. The van der Waals surface area contributed by atoms with Gasteiger partial charge < -0.3 is 31.4 Å². The highest BCUT2D eigenvalue weighted by atomic mass is 35.5. The van der Waals surface area contributed by atoms with Crippen LogP contribution in [0.5, 0.6) is 23.0 Å². The van der Waals surface area contributed by atoms with Crippen molar-refractivity contribution >= 4 is 10.8 Å². The van der Waals surface area contributed by atoms with Gasteiger partial charge in [-0.2, -0.15) is 4.57 Å². The van der Waals surface area contributed by atoms with E-state index < -0.39 is 0 Å². The molecule has 6 aromatic rings. The summed E-state index contributed by atoms with van der Waals surface area (Å²) in [6, 6.07) is 39.8. The van der Waals surface area contributed by atoms with E-state index in [9.17, 15) is 0 Å². The molecule has 6 heteroatoms. The van der Waals surface area contributed by atoms with Gasteiger partial charge in [-0.15, -0.1) is 0 Å². The van der Waals surface area contributed by atoms with Crippen molar-refractivity contribution in [3.05, 3.63) is 149 Å². The van der Waals surface area contributed by atoms with Gasteiger partial charge >= 0.3 is 0 Å². The molecule has 1 aromatic heterocycles. The minimum absolute atomic E-state index is 0. The smallest absolute Gasteiger partial charge is 0.216 e. The van der Waals surface area contributed by atoms with Gasteiger partial charge in [0.15, 0.2) is 35.7 Å². The first-order valence-electron chi connectivity index (χ1n) is 19.4. The predicted molar refractivity (Wildman–Crippen MR) is 214 cm³/mol. The first-order valence-corrected chi connectivity index (χ1v) is 19.4. The molecule has 1 aliphatic rings. The molecule has 5 nitrogen and oxygen atoms in total. The highest BCUT2D eigenvalue weighted by Crippen LogP contribution is 2.43. The number of nitrogens with zero attached hydrogens (tertiary/aromatic N) is 1. The van der Waals surface area contributed by atoms with E-state index in [1.165, 1.54) is 66.3 Å². The molecule has 2 heterocycles. The second-order valence-electron chi connectivity index (χ2n) is 14.1. The van der Waals surface area contributed by atoms with Gasteiger partial charge in [0.05, 0.1) is 18.1 Å². The lowest BCUT2D eigenvalue weighted by molar-refractivity contribution is -0.686. The Kier molecular flexibility index (Phi) is 13.9. The van der Waals surface area contributed by atoms with Crippen LogP contribution in [0.25, 0.3) is 22.0 Å². The summed E-state index contributed by atoms with van der Waals surface area (Å²) in [5.74, 6) is 3.10. The third kappa shape index (κ3) is 9.37. The molecule has 1 aliphatic heterocycles. The Labute approximate surface area is 327 Å². The maximum Gasteiger partial charge on any atom is 0.216 e. The van der Waals surface area contributed by atoms with E-state index in [0.717, 1.165) is 70.9 Å². The molecule has 7 rings (SSSR count). The lowest BCUT2D eigenvalue weighted by atomic mass is 9.89. The van der Waals surface area contributed by atoms with Crippen LogP contribution >= 0.6 is 0 Å². The number of rotatable bonds is 18. The predicted octanol–water partition coefficient (Wildman–Crippen LogP) is 8.39. The van der Waals surface area contributed by atoms with Crippen LogP contribution in [0.15, 0.2) is 121 Å². The second-order valence-corrected chi connectivity index (χ2v) is 14.1. The van der Waals surface area contributed by atoms with Crippen LogP contribution in [-0.4, -0.2) is 7.11 Å². The van der Waals surface area contributed by atoms with Crippen molar-refractivity contribution in [2.24, 2.45) is 0 Å². The Morgan fingerprint density at radius 1 is 0.574 bits per heavy atom. The van der Waals surface area contributed by atoms with Crippen molar-refractivity contribution in [2.75, 3.05) is 7.11 Å². The number of pyridine rings is 1. The molecule has 280 valence electrons. The van der Waals surface area contributed by atoms with Crippen molar-refractivity contribution in [2.45, 2.75) is 91.1 Å². The maximum atomic E-state index is 6.62. The molecule has 5 aromatic carbocycles. The fourth-order valence-corrected chi connectivity index (χ4v) is 7.50. The second kappa shape index (κ2) is 19.4. The lowest BCUT2D eigenvalue weighted by Crippen LogP contribution is -3.00. The van der Waals surface area contributed by atoms with Crippen LogP contribution in [0.3, 0.4) is 0 Å². The summed E-state index contributed by atoms with van der Waals surface area (Å²) in [7, 11) is 1.73. The third-order valence-electron chi connectivity index (χ3n) is 10.3. The Bertz CT molecular complexity index is 2090. The first-order chi connectivity index (χ1) is 26.2. The van der Waals surface area contributed by atoms with Crippen LogP contribution in [0.2, 0.25) is 0 Å². The SMILES string of the molecule is CCCCCCCCCc1c2[n+](cc3c(OCc4ccccc4)c(OC)ccc13)CCc1cc(OCc3ccccc3)c(OCc3ccccc3)cc1-2.[Cl-]. The van der Waals surface area contributed by atoms with Gasteiger partial charge in [0.2, 0.25) is 5.69 Å². The minimum atomic E-state index is 0. The number of methoxy groups -OCH3 is 1. The van der Waals surface area contributed by atoms with Gasteiger partial charge in [0.25, 0.3) is 0 Å². The van der Waals surface area contributed by atoms with Gasteiger partial charge in [0.1, 0.15) is 19.8 Å². The van der Waals surface area contributed by atoms with Crippen molar-refractivity contribution in [3.63, 3.8) is 0 Å². The van der Waals surface area contributed by atoms with Crippen molar-refractivity contribution in [1.29, 1.82) is 0 Å². The number of hydrogen-bond donors (Lipinski definition) is 0. The zero-order valence-corrected chi connectivity index (χ0v) is 32.5. The first kappa shape index (κ1) is 38.7. The third-order valence-corrected chi connectivity index (χ3v) is 10.3. The topological polar surface area (TPSA) is 40.8 Å². The molecule has 0 spiro atoms. The Balaban J connectivity index is 0.00000497. The van der Waals surface area contributed by atoms with Gasteiger partial charge in [-0.05, 0) is 59.4 Å². The normalized spacial score (nSPS) is 11.7. The van der Waals surface area contributed by atoms with Gasteiger partial charge in [0, 0.05) is 17.4 Å². The highest BCUT2D eigenvalue weighted by Gasteiger charge is 2.31. The summed E-state index contributed by atoms with van der Waals surface area (Å²) in [5.41, 5.74) is 8.51. The minimum Gasteiger partial charge on any atom is -1.00 e. The summed E-state index contributed by atoms with van der Waals surface area (Å²) < 4.78 is 28.1. The molecule has 0 atom stereocenters. The van der Waals surface area contributed by atoms with E-state index >= 15 is 0 Å². The van der Waals surface area contributed by atoms with E-state index in [-0.39, 0.29) is 12.4 Å². The van der Waals surface area contributed by atoms with E-state index in [1.807, 2.05) is 18.2 Å². The van der Waals surface area contributed by atoms with Crippen molar-refractivity contribution in [1.82, 2.24) is 0 Å². The van der Waals surface area contributed by atoms with E-state index in [2.05, 4.69) is 115 Å². The molecule has 0 fully saturated rings. The fourth-order valence-electron chi connectivity index (χ4n) is 7.50. The van der Waals surface area contributed by atoms with E-state index in [4.69, 9.17) is 18.9 Å².